The number of hydrogen-bond donors (Lipinski definition) is 0. The Bertz CT molecular complexity index is 632. The third-order valence-electron chi connectivity index (χ3n) is 5.64. The molecule has 2 amide bonds. The van der Waals surface area contributed by atoms with Crippen molar-refractivity contribution in [2.45, 2.75) is 62.4 Å². The molecule has 3 fully saturated rings. The number of likely N-dealkylation sites (tertiary alicyclic amines) is 1. The lowest BCUT2D eigenvalue weighted by molar-refractivity contribution is -0.145. The summed E-state index contributed by atoms with van der Waals surface area (Å²) in [6.07, 6.45) is 7.29. The first kappa shape index (κ1) is 16.1. The van der Waals surface area contributed by atoms with E-state index in [2.05, 4.69) is 6.92 Å². The van der Waals surface area contributed by atoms with Gasteiger partial charge in [0.15, 0.2) is 0 Å². The smallest absolute Gasteiger partial charge is 0.246 e. The van der Waals surface area contributed by atoms with Crippen LogP contribution in [0.1, 0.15) is 57.3 Å². The molecular formula is C18H24N2O3S. The topological polar surface area (TPSA) is 53.8 Å². The highest BCUT2D eigenvalue weighted by Crippen LogP contribution is 2.48. The van der Waals surface area contributed by atoms with Crippen molar-refractivity contribution < 1.29 is 14.0 Å². The molecule has 4 heterocycles. The van der Waals surface area contributed by atoms with Gasteiger partial charge in [-0.05, 0) is 38.3 Å². The van der Waals surface area contributed by atoms with Crippen LogP contribution in [-0.4, -0.2) is 44.8 Å². The number of furan rings is 1. The summed E-state index contributed by atoms with van der Waals surface area (Å²) in [5.41, 5.74) is 0. The minimum Gasteiger partial charge on any atom is -0.467 e. The lowest BCUT2D eigenvalue weighted by atomic mass is 10.1. The summed E-state index contributed by atoms with van der Waals surface area (Å²) in [4.78, 5) is 29.4. The number of fused-ring (bicyclic) bond motifs is 1. The van der Waals surface area contributed by atoms with Crippen LogP contribution in [0.25, 0.3) is 0 Å². The Kier molecular flexibility index (Phi) is 4.11. The van der Waals surface area contributed by atoms with Gasteiger partial charge in [0.1, 0.15) is 11.8 Å². The first-order valence-electron chi connectivity index (χ1n) is 8.90. The van der Waals surface area contributed by atoms with Crippen LogP contribution in [0.3, 0.4) is 0 Å². The van der Waals surface area contributed by atoms with Crippen molar-refractivity contribution in [1.29, 1.82) is 0 Å². The SMILES string of the molecule is CC12CCC(=O)N1C(C(=O)N1CCCCCC1c1ccco1)CS2. The Balaban J connectivity index is 1.61. The van der Waals surface area contributed by atoms with E-state index in [0.717, 1.165) is 44.4 Å². The van der Waals surface area contributed by atoms with Gasteiger partial charge < -0.3 is 14.2 Å². The van der Waals surface area contributed by atoms with Crippen LogP contribution in [-0.2, 0) is 9.59 Å². The second kappa shape index (κ2) is 6.14. The average molecular weight is 348 g/mol. The molecule has 3 aliphatic rings. The number of amides is 2. The minimum atomic E-state index is -0.314. The molecule has 6 heteroatoms. The number of nitrogens with zero attached hydrogens (tertiary/aromatic N) is 2. The lowest BCUT2D eigenvalue weighted by Gasteiger charge is -2.35. The quantitative estimate of drug-likeness (QED) is 0.824. The van der Waals surface area contributed by atoms with Crippen LogP contribution in [0.15, 0.2) is 22.8 Å². The summed E-state index contributed by atoms with van der Waals surface area (Å²) in [6.45, 7) is 2.85. The normalized spacial score (nSPS) is 33.6. The molecule has 3 saturated heterocycles. The maximum absolute atomic E-state index is 13.4. The Hall–Kier alpha value is -1.43. The summed E-state index contributed by atoms with van der Waals surface area (Å²) in [6, 6.07) is 3.54. The Morgan fingerprint density at radius 1 is 1.38 bits per heavy atom. The second-order valence-electron chi connectivity index (χ2n) is 7.18. The molecule has 5 nitrogen and oxygen atoms in total. The van der Waals surface area contributed by atoms with Gasteiger partial charge in [-0.2, -0.15) is 0 Å². The van der Waals surface area contributed by atoms with Gasteiger partial charge in [-0.15, -0.1) is 11.8 Å². The van der Waals surface area contributed by atoms with Gasteiger partial charge in [-0.25, -0.2) is 0 Å². The molecule has 4 rings (SSSR count). The van der Waals surface area contributed by atoms with E-state index in [9.17, 15) is 9.59 Å². The molecule has 1 aromatic rings. The van der Waals surface area contributed by atoms with E-state index in [4.69, 9.17) is 4.42 Å². The Labute approximate surface area is 146 Å². The van der Waals surface area contributed by atoms with Crippen molar-refractivity contribution in [1.82, 2.24) is 9.80 Å². The fraction of sp³-hybridized carbons (Fsp3) is 0.667. The predicted octanol–water partition coefficient (Wildman–Crippen LogP) is 3.18. The van der Waals surface area contributed by atoms with Crippen molar-refractivity contribution >= 4 is 23.6 Å². The van der Waals surface area contributed by atoms with E-state index in [1.807, 2.05) is 21.9 Å². The van der Waals surface area contributed by atoms with Gasteiger partial charge >= 0.3 is 0 Å². The highest BCUT2D eigenvalue weighted by atomic mass is 32.2. The summed E-state index contributed by atoms with van der Waals surface area (Å²) in [5, 5.41) is 0. The van der Waals surface area contributed by atoms with Crippen LogP contribution in [0.2, 0.25) is 0 Å². The molecule has 3 atom stereocenters. The van der Waals surface area contributed by atoms with Gasteiger partial charge in [0.05, 0.1) is 17.2 Å². The zero-order valence-electron chi connectivity index (χ0n) is 14.1. The number of carbonyl (C=O) groups excluding carboxylic acids is 2. The zero-order valence-corrected chi connectivity index (χ0v) is 14.9. The van der Waals surface area contributed by atoms with Crippen LogP contribution in [0.5, 0.6) is 0 Å². The molecule has 24 heavy (non-hydrogen) atoms. The zero-order chi connectivity index (χ0) is 16.7. The highest BCUT2D eigenvalue weighted by molar-refractivity contribution is 8.01. The maximum atomic E-state index is 13.4. The Morgan fingerprint density at radius 3 is 3.04 bits per heavy atom. The number of carbonyl (C=O) groups is 2. The van der Waals surface area contributed by atoms with E-state index in [1.165, 1.54) is 0 Å². The molecule has 0 radical (unpaired) electrons. The van der Waals surface area contributed by atoms with Crippen molar-refractivity contribution in [3.8, 4) is 0 Å². The van der Waals surface area contributed by atoms with Crippen molar-refractivity contribution in [2.24, 2.45) is 0 Å². The van der Waals surface area contributed by atoms with Gasteiger partial charge in [-0.1, -0.05) is 12.8 Å². The number of thioether (sulfide) groups is 1. The largest absolute Gasteiger partial charge is 0.467 e. The monoisotopic (exact) mass is 348 g/mol. The van der Waals surface area contributed by atoms with Crippen molar-refractivity contribution in [3.63, 3.8) is 0 Å². The molecule has 0 aromatic carbocycles. The summed E-state index contributed by atoms with van der Waals surface area (Å²) >= 11 is 1.76. The fourth-order valence-electron chi connectivity index (χ4n) is 4.34. The second-order valence-corrected chi connectivity index (χ2v) is 8.68. The van der Waals surface area contributed by atoms with Gasteiger partial charge in [0.25, 0.3) is 0 Å². The molecule has 0 aliphatic carbocycles. The molecule has 0 N–H and O–H groups in total. The van der Waals surface area contributed by atoms with E-state index < -0.39 is 0 Å². The molecule has 3 aliphatic heterocycles. The van der Waals surface area contributed by atoms with Crippen LogP contribution in [0, 0.1) is 0 Å². The molecule has 0 spiro atoms. The van der Waals surface area contributed by atoms with Crippen LogP contribution < -0.4 is 0 Å². The third kappa shape index (κ3) is 2.55. The molecule has 3 unspecified atom stereocenters. The fourth-order valence-corrected chi connectivity index (χ4v) is 5.77. The maximum Gasteiger partial charge on any atom is 0.246 e. The number of hydrogen-bond acceptors (Lipinski definition) is 4. The molecule has 0 bridgehead atoms. The third-order valence-corrected chi connectivity index (χ3v) is 7.14. The van der Waals surface area contributed by atoms with Crippen LogP contribution in [0.4, 0.5) is 0 Å². The van der Waals surface area contributed by atoms with Crippen molar-refractivity contribution in [3.05, 3.63) is 24.2 Å². The molecular weight excluding hydrogens is 324 g/mol. The molecule has 1 aromatic heterocycles. The standard InChI is InChI=1S/C18H24N2O3S/c1-18-9-8-16(21)20(18)14(12-24-18)17(22)19-10-4-2-3-6-13(19)15-7-5-11-23-15/h5,7,11,13-14H,2-4,6,8-10,12H2,1H3. The lowest BCUT2D eigenvalue weighted by Crippen LogP contribution is -2.52. The summed E-state index contributed by atoms with van der Waals surface area (Å²) in [7, 11) is 0. The Morgan fingerprint density at radius 2 is 2.25 bits per heavy atom. The summed E-state index contributed by atoms with van der Waals surface area (Å²) < 4.78 is 5.62. The molecule has 0 saturated carbocycles. The number of rotatable bonds is 2. The first-order valence-corrected chi connectivity index (χ1v) is 9.89. The van der Waals surface area contributed by atoms with E-state index in [0.29, 0.717) is 12.2 Å². The first-order chi connectivity index (χ1) is 11.6. The van der Waals surface area contributed by atoms with E-state index in [1.54, 1.807) is 18.0 Å². The van der Waals surface area contributed by atoms with Crippen LogP contribution >= 0.6 is 11.8 Å². The van der Waals surface area contributed by atoms with E-state index in [-0.39, 0.29) is 28.8 Å². The van der Waals surface area contributed by atoms with Crippen molar-refractivity contribution in [2.75, 3.05) is 12.3 Å². The predicted molar refractivity (Wildman–Crippen MR) is 92.4 cm³/mol. The van der Waals surface area contributed by atoms with Gasteiger partial charge in [0, 0.05) is 18.7 Å². The van der Waals surface area contributed by atoms with Gasteiger partial charge in [0.2, 0.25) is 11.8 Å². The summed E-state index contributed by atoms with van der Waals surface area (Å²) in [5.74, 6) is 1.81. The van der Waals surface area contributed by atoms with Gasteiger partial charge in [-0.3, -0.25) is 9.59 Å². The average Bonchev–Trinajstić information content (AvgIpc) is 3.22. The minimum absolute atomic E-state index is 0.00422. The molecule has 130 valence electrons. The van der Waals surface area contributed by atoms with E-state index >= 15 is 0 Å². The highest BCUT2D eigenvalue weighted by Gasteiger charge is 2.54.